The first-order valence-electron chi connectivity index (χ1n) is 5.05. The molecule has 0 saturated carbocycles. The van der Waals surface area contributed by atoms with Crippen molar-refractivity contribution in [1.82, 2.24) is 19.7 Å². The van der Waals surface area contributed by atoms with Gasteiger partial charge in [0.1, 0.15) is 0 Å². The van der Waals surface area contributed by atoms with Crippen molar-refractivity contribution < 1.29 is 0 Å². The Morgan fingerprint density at radius 1 is 1.47 bits per heavy atom. The number of aryl methyl sites for hydroxylation is 1. The van der Waals surface area contributed by atoms with Crippen LogP contribution in [0.15, 0.2) is 30.7 Å². The lowest BCUT2D eigenvalue weighted by Crippen LogP contribution is -2.11. The SMILES string of the molecule is CNCc1cccn1Cc1cnn(C)c1. The van der Waals surface area contributed by atoms with E-state index in [1.54, 1.807) is 0 Å². The molecule has 0 atom stereocenters. The van der Waals surface area contributed by atoms with E-state index in [1.807, 2.05) is 31.2 Å². The Labute approximate surface area is 89.5 Å². The monoisotopic (exact) mass is 204 g/mol. The van der Waals surface area contributed by atoms with Crippen molar-refractivity contribution in [2.45, 2.75) is 13.1 Å². The lowest BCUT2D eigenvalue weighted by Gasteiger charge is -2.06. The van der Waals surface area contributed by atoms with Crippen molar-refractivity contribution in [3.05, 3.63) is 42.0 Å². The molecule has 1 N–H and O–H groups in total. The van der Waals surface area contributed by atoms with E-state index in [0.29, 0.717) is 0 Å². The second-order valence-electron chi connectivity index (χ2n) is 3.68. The first kappa shape index (κ1) is 9.98. The summed E-state index contributed by atoms with van der Waals surface area (Å²) in [6.45, 7) is 1.78. The van der Waals surface area contributed by atoms with Crippen molar-refractivity contribution in [2.24, 2.45) is 7.05 Å². The Morgan fingerprint density at radius 2 is 2.33 bits per heavy atom. The van der Waals surface area contributed by atoms with Crippen LogP contribution in [0.1, 0.15) is 11.3 Å². The number of hydrogen-bond acceptors (Lipinski definition) is 2. The number of nitrogens with zero attached hydrogens (tertiary/aromatic N) is 3. The van der Waals surface area contributed by atoms with Crippen molar-refractivity contribution in [2.75, 3.05) is 7.05 Å². The first-order valence-corrected chi connectivity index (χ1v) is 5.05. The van der Waals surface area contributed by atoms with Crippen LogP contribution in [-0.4, -0.2) is 21.4 Å². The van der Waals surface area contributed by atoms with Gasteiger partial charge >= 0.3 is 0 Å². The molecule has 0 aromatic carbocycles. The van der Waals surface area contributed by atoms with Gasteiger partial charge in [0.05, 0.1) is 12.7 Å². The molecule has 0 saturated heterocycles. The van der Waals surface area contributed by atoms with Gasteiger partial charge in [-0.2, -0.15) is 5.10 Å². The topological polar surface area (TPSA) is 34.8 Å². The summed E-state index contributed by atoms with van der Waals surface area (Å²) in [6, 6.07) is 4.20. The van der Waals surface area contributed by atoms with Gasteiger partial charge in [-0.25, -0.2) is 0 Å². The Morgan fingerprint density at radius 3 is 3.00 bits per heavy atom. The van der Waals surface area contributed by atoms with Crippen molar-refractivity contribution in [3.8, 4) is 0 Å². The molecule has 15 heavy (non-hydrogen) atoms. The number of rotatable bonds is 4. The molecule has 0 aliphatic heterocycles. The van der Waals surface area contributed by atoms with Crippen LogP contribution in [0.3, 0.4) is 0 Å². The van der Waals surface area contributed by atoms with Gasteiger partial charge in [0, 0.05) is 37.2 Å². The summed E-state index contributed by atoms with van der Waals surface area (Å²) in [5.41, 5.74) is 2.52. The van der Waals surface area contributed by atoms with Gasteiger partial charge in [-0.05, 0) is 19.2 Å². The van der Waals surface area contributed by atoms with E-state index in [0.717, 1.165) is 13.1 Å². The second kappa shape index (κ2) is 4.31. The summed E-state index contributed by atoms with van der Waals surface area (Å²) in [4.78, 5) is 0. The largest absolute Gasteiger partial charge is 0.346 e. The maximum atomic E-state index is 4.16. The third-order valence-corrected chi connectivity index (χ3v) is 2.39. The average molecular weight is 204 g/mol. The fourth-order valence-electron chi connectivity index (χ4n) is 1.70. The van der Waals surface area contributed by atoms with Crippen LogP contribution in [0.25, 0.3) is 0 Å². The lowest BCUT2D eigenvalue weighted by molar-refractivity contribution is 0.693. The van der Waals surface area contributed by atoms with Gasteiger partial charge < -0.3 is 9.88 Å². The quantitative estimate of drug-likeness (QED) is 0.806. The standard InChI is InChI=1S/C11H16N4/c1-12-7-11-4-3-5-15(11)9-10-6-13-14(2)8-10/h3-6,8,12H,7,9H2,1-2H3. The van der Waals surface area contributed by atoms with Gasteiger partial charge in [0.15, 0.2) is 0 Å². The molecule has 0 fully saturated rings. The molecule has 0 bridgehead atoms. The van der Waals surface area contributed by atoms with Crippen LogP contribution in [0.5, 0.6) is 0 Å². The van der Waals surface area contributed by atoms with E-state index in [9.17, 15) is 0 Å². The molecule has 0 spiro atoms. The Bertz CT molecular complexity index is 427. The molecule has 0 aliphatic carbocycles. The zero-order chi connectivity index (χ0) is 10.7. The normalized spacial score (nSPS) is 10.8. The van der Waals surface area contributed by atoms with Crippen LogP contribution < -0.4 is 5.32 Å². The fourth-order valence-corrected chi connectivity index (χ4v) is 1.70. The van der Waals surface area contributed by atoms with Crippen LogP contribution in [0.4, 0.5) is 0 Å². The number of aromatic nitrogens is 3. The molecular weight excluding hydrogens is 188 g/mol. The van der Waals surface area contributed by atoms with Crippen LogP contribution >= 0.6 is 0 Å². The molecule has 2 heterocycles. The number of hydrogen-bond donors (Lipinski definition) is 1. The molecule has 4 heteroatoms. The summed E-state index contributed by atoms with van der Waals surface area (Å²) >= 11 is 0. The lowest BCUT2D eigenvalue weighted by atomic mass is 10.3. The zero-order valence-corrected chi connectivity index (χ0v) is 9.14. The smallest absolute Gasteiger partial charge is 0.0539 e. The third kappa shape index (κ3) is 2.27. The Hall–Kier alpha value is -1.55. The predicted octanol–water partition coefficient (Wildman–Crippen LogP) is 0.989. The van der Waals surface area contributed by atoms with E-state index in [4.69, 9.17) is 0 Å². The van der Waals surface area contributed by atoms with Crippen molar-refractivity contribution >= 4 is 0 Å². The van der Waals surface area contributed by atoms with Gasteiger partial charge in [0.2, 0.25) is 0 Å². The first-order chi connectivity index (χ1) is 7.29. The van der Waals surface area contributed by atoms with Crippen molar-refractivity contribution in [3.63, 3.8) is 0 Å². The minimum absolute atomic E-state index is 0.887. The summed E-state index contributed by atoms with van der Waals surface area (Å²) in [7, 11) is 3.90. The van der Waals surface area contributed by atoms with Gasteiger partial charge in [0.25, 0.3) is 0 Å². The number of nitrogens with one attached hydrogen (secondary N) is 1. The van der Waals surface area contributed by atoms with Crippen LogP contribution in [0, 0.1) is 0 Å². The Balaban J connectivity index is 2.13. The molecule has 0 amide bonds. The average Bonchev–Trinajstić information content (AvgIpc) is 2.78. The van der Waals surface area contributed by atoms with Crippen LogP contribution in [0.2, 0.25) is 0 Å². The summed E-state index contributed by atoms with van der Waals surface area (Å²) < 4.78 is 4.06. The van der Waals surface area contributed by atoms with E-state index in [1.165, 1.54) is 11.3 Å². The molecule has 2 aromatic heterocycles. The summed E-state index contributed by atoms with van der Waals surface area (Å²) in [6.07, 6.45) is 6.05. The molecule has 2 aromatic rings. The van der Waals surface area contributed by atoms with Gasteiger partial charge in [-0.15, -0.1) is 0 Å². The Kier molecular flexibility index (Phi) is 2.87. The van der Waals surface area contributed by atoms with Crippen molar-refractivity contribution in [1.29, 1.82) is 0 Å². The summed E-state index contributed by atoms with van der Waals surface area (Å²) in [5, 5.41) is 7.32. The van der Waals surface area contributed by atoms with E-state index in [-0.39, 0.29) is 0 Å². The highest BCUT2D eigenvalue weighted by Gasteiger charge is 2.01. The third-order valence-electron chi connectivity index (χ3n) is 2.39. The van der Waals surface area contributed by atoms with E-state index in [2.05, 4.69) is 33.3 Å². The minimum atomic E-state index is 0.887. The highest BCUT2D eigenvalue weighted by atomic mass is 15.2. The predicted molar refractivity (Wildman–Crippen MR) is 59.5 cm³/mol. The highest BCUT2D eigenvalue weighted by Crippen LogP contribution is 2.06. The molecule has 80 valence electrons. The maximum absolute atomic E-state index is 4.16. The van der Waals surface area contributed by atoms with Gasteiger partial charge in [-0.3, -0.25) is 4.68 Å². The molecule has 4 nitrogen and oxygen atoms in total. The minimum Gasteiger partial charge on any atom is -0.346 e. The molecular formula is C11H16N4. The second-order valence-corrected chi connectivity index (χ2v) is 3.68. The summed E-state index contributed by atoms with van der Waals surface area (Å²) in [5.74, 6) is 0. The molecule has 0 aliphatic rings. The molecule has 0 unspecified atom stereocenters. The molecule has 2 rings (SSSR count). The van der Waals surface area contributed by atoms with Gasteiger partial charge in [-0.1, -0.05) is 0 Å². The van der Waals surface area contributed by atoms with E-state index >= 15 is 0 Å². The fraction of sp³-hybridized carbons (Fsp3) is 0.364. The highest BCUT2D eigenvalue weighted by molar-refractivity contribution is 5.12. The van der Waals surface area contributed by atoms with Crippen LogP contribution in [-0.2, 0) is 20.1 Å². The maximum Gasteiger partial charge on any atom is 0.0539 e. The zero-order valence-electron chi connectivity index (χ0n) is 9.14. The molecule has 0 radical (unpaired) electrons. The van der Waals surface area contributed by atoms with E-state index < -0.39 is 0 Å².